The van der Waals surface area contributed by atoms with Crippen molar-refractivity contribution in [1.29, 1.82) is 0 Å². The van der Waals surface area contributed by atoms with Gasteiger partial charge in [-0.05, 0) is 44.1 Å². The first kappa shape index (κ1) is 17.0. The lowest BCUT2D eigenvalue weighted by molar-refractivity contribution is -0.138. The minimum absolute atomic E-state index is 0.250. The van der Waals surface area contributed by atoms with E-state index in [1.54, 1.807) is 6.92 Å². The molecule has 1 amide bonds. The molecule has 3 saturated heterocycles. The summed E-state index contributed by atoms with van der Waals surface area (Å²) < 4.78 is 6.48. The summed E-state index contributed by atoms with van der Waals surface area (Å²) in [6.45, 7) is 5.01. The summed E-state index contributed by atoms with van der Waals surface area (Å²) in [5.41, 5.74) is 1.40. The predicted octanol–water partition coefficient (Wildman–Crippen LogP) is 3.21. The van der Waals surface area contributed by atoms with Crippen LogP contribution in [0.1, 0.15) is 51.0 Å². The molecule has 0 radical (unpaired) electrons. The highest BCUT2D eigenvalue weighted by atomic mass is 16.5. The Morgan fingerprint density at radius 3 is 2.24 bits per heavy atom. The number of carbonyl (C=O) groups is 1. The zero-order chi connectivity index (χ0) is 17.2. The van der Waals surface area contributed by atoms with Crippen molar-refractivity contribution in [2.45, 2.75) is 76.3 Å². The molecular weight excluding hydrogens is 312 g/mol. The second-order valence-electron chi connectivity index (χ2n) is 8.00. The van der Waals surface area contributed by atoms with Crippen LogP contribution >= 0.6 is 0 Å². The largest absolute Gasteiger partial charge is 0.375 e. The molecule has 4 nitrogen and oxygen atoms in total. The van der Waals surface area contributed by atoms with Crippen molar-refractivity contribution in [2.24, 2.45) is 0 Å². The van der Waals surface area contributed by atoms with Gasteiger partial charge < -0.3 is 9.64 Å². The zero-order valence-corrected chi connectivity index (χ0v) is 15.3. The molecule has 4 rings (SSSR count). The van der Waals surface area contributed by atoms with Crippen molar-refractivity contribution in [1.82, 2.24) is 9.80 Å². The van der Waals surface area contributed by atoms with E-state index in [1.165, 1.54) is 18.4 Å². The summed E-state index contributed by atoms with van der Waals surface area (Å²) in [5, 5.41) is 0. The Hall–Kier alpha value is -1.39. The van der Waals surface area contributed by atoms with Crippen LogP contribution in [0.5, 0.6) is 0 Å². The average molecular weight is 342 g/mol. The molecule has 25 heavy (non-hydrogen) atoms. The maximum absolute atomic E-state index is 11.8. The van der Waals surface area contributed by atoms with Gasteiger partial charge in [0.1, 0.15) is 0 Å². The summed E-state index contributed by atoms with van der Waals surface area (Å²) in [7, 11) is 0. The molecule has 2 bridgehead atoms. The Morgan fingerprint density at radius 2 is 1.64 bits per heavy atom. The van der Waals surface area contributed by atoms with Crippen LogP contribution < -0.4 is 0 Å². The summed E-state index contributed by atoms with van der Waals surface area (Å²) in [6, 6.07) is 11.6. The fourth-order valence-electron chi connectivity index (χ4n) is 5.07. The van der Waals surface area contributed by atoms with E-state index < -0.39 is 0 Å². The Morgan fingerprint density at radius 1 is 1.00 bits per heavy atom. The maximum atomic E-state index is 11.8. The molecule has 3 heterocycles. The van der Waals surface area contributed by atoms with Crippen LogP contribution in [0.2, 0.25) is 0 Å². The molecule has 136 valence electrons. The van der Waals surface area contributed by atoms with Gasteiger partial charge in [-0.15, -0.1) is 0 Å². The molecule has 1 aromatic rings. The summed E-state index contributed by atoms with van der Waals surface area (Å²) in [5.74, 6) is 0.250. The fraction of sp³-hybridized carbons (Fsp3) is 0.667. The molecular formula is C21H30N2O2. The fourth-order valence-corrected chi connectivity index (χ4v) is 5.07. The molecule has 1 aromatic carbocycles. The Labute approximate surface area is 151 Å². The van der Waals surface area contributed by atoms with E-state index in [9.17, 15) is 4.79 Å². The van der Waals surface area contributed by atoms with Gasteiger partial charge in [0.2, 0.25) is 5.91 Å². The molecule has 0 saturated carbocycles. The molecule has 4 heteroatoms. The van der Waals surface area contributed by atoms with Crippen molar-refractivity contribution in [2.75, 3.05) is 13.1 Å². The predicted molar refractivity (Wildman–Crippen MR) is 98.2 cm³/mol. The van der Waals surface area contributed by atoms with Gasteiger partial charge >= 0.3 is 0 Å². The number of amides is 1. The highest BCUT2D eigenvalue weighted by molar-refractivity contribution is 5.74. The van der Waals surface area contributed by atoms with Gasteiger partial charge in [-0.1, -0.05) is 30.3 Å². The molecule has 3 fully saturated rings. The number of fused-ring (bicyclic) bond motifs is 2. The van der Waals surface area contributed by atoms with E-state index in [0.29, 0.717) is 24.3 Å². The molecule has 3 aliphatic heterocycles. The van der Waals surface area contributed by atoms with Gasteiger partial charge in [0.05, 0.1) is 12.2 Å². The SMILES string of the molecule is CC(=O)N1[C@@H]2CC[C@H]1CC(OC1CCN(Cc3ccccc3)CC1)C2. The van der Waals surface area contributed by atoms with Crippen molar-refractivity contribution in [3.05, 3.63) is 35.9 Å². The average Bonchev–Trinajstić information content (AvgIpc) is 2.89. The minimum atomic E-state index is 0.250. The molecule has 3 aliphatic rings. The van der Waals surface area contributed by atoms with E-state index in [-0.39, 0.29) is 5.91 Å². The monoisotopic (exact) mass is 342 g/mol. The van der Waals surface area contributed by atoms with Crippen LogP contribution in [0, 0.1) is 0 Å². The van der Waals surface area contributed by atoms with Crippen molar-refractivity contribution in [3.63, 3.8) is 0 Å². The Bertz CT molecular complexity index is 569. The normalized spacial score (nSPS) is 30.6. The van der Waals surface area contributed by atoms with Crippen molar-refractivity contribution < 1.29 is 9.53 Å². The number of hydrogen-bond donors (Lipinski definition) is 0. The second kappa shape index (κ2) is 7.46. The number of piperidine rings is 2. The number of likely N-dealkylation sites (tertiary alicyclic amines) is 1. The minimum Gasteiger partial charge on any atom is -0.375 e. The van der Waals surface area contributed by atoms with Crippen LogP contribution in [-0.4, -0.2) is 53.1 Å². The molecule has 0 spiro atoms. The molecule has 1 unspecified atom stereocenters. The van der Waals surface area contributed by atoms with Gasteiger partial charge in [0.25, 0.3) is 0 Å². The van der Waals surface area contributed by atoms with Crippen LogP contribution in [-0.2, 0) is 16.1 Å². The first-order chi connectivity index (χ1) is 12.2. The first-order valence-electron chi connectivity index (χ1n) is 9.89. The zero-order valence-electron chi connectivity index (χ0n) is 15.3. The number of hydrogen-bond acceptors (Lipinski definition) is 3. The third kappa shape index (κ3) is 3.90. The van der Waals surface area contributed by atoms with Gasteiger partial charge in [0.15, 0.2) is 0 Å². The second-order valence-corrected chi connectivity index (χ2v) is 8.00. The lowest BCUT2D eigenvalue weighted by Gasteiger charge is -2.41. The topological polar surface area (TPSA) is 32.8 Å². The van der Waals surface area contributed by atoms with E-state index in [1.807, 2.05) is 0 Å². The maximum Gasteiger partial charge on any atom is 0.219 e. The Balaban J connectivity index is 1.24. The highest BCUT2D eigenvalue weighted by Gasteiger charge is 2.43. The lowest BCUT2D eigenvalue weighted by Crippen LogP contribution is -2.49. The van der Waals surface area contributed by atoms with Gasteiger partial charge in [-0.3, -0.25) is 9.69 Å². The van der Waals surface area contributed by atoms with E-state index in [4.69, 9.17) is 4.74 Å². The summed E-state index contributed by atoms with van der Waals surface area (Å²) in [4.78, 5) is 16.5. The van der Waals surface area contributed by atoms with Crippen LogP contribution in [0.15, 0.2) is 30.3 Å². The van der Waals surface area contributed by atoms with Crippen molar-refractivity contribution in [3.8, 4) is 0 Å². The van der Waals surface area contributed by atoms with Crippen LogP contribution in [0.3, 0.4) is 0 Å². The van der Waals surface area contributed by atoms with E-state index in [0.717, 1.165) is 45.3 Å². The van der Waals surface area contributed by atoms with Crippen molar-refractivity contribution >= 4 is 5.91 Å². The number of rotatable bonds is 4. The highest BCUT2D eigenvalue weighted by Crippen LogP contribution is 2.37. The molecule has 0 aromatic heterocycles. The van der Waals surface area contributed by atoms with Crippen LogP contribution in [0.25, 0.3) is 0 Å². The number of carbonyl (C=O) groups excluding carboxylic acids is 1. The summed E-state index contributed by atoms with van der Waals surface area (Å²) in [6.07, 6.45) is 7.45. The molecule has 0 aliphatic carbocycles. The third-order valence-corrected chi connectivity index (χ3v) is 6.22. The Kier molecular flexibility index (Phi) is 5.09. The standard InChI is InChI=1S/C21H30N2O2/c1-16(24)23-18-7-8-19(23)14-21(13-18)25-20-9-11-22(12-10-20)15-17-5-3-2-4-6-17/h2-6,18-21H,7-15H2,1H3/t18-,19+,21?. The quantitative estimate of drug-likeness (QED) is 0.842. The van der Waals surface area contributed by atoms with E-state index >= 15 is 0 Å². The molecule has 0 N–H and O–H groups in total. The van der Waals surface area contributed by atoms with Crippen LogP contribution in [0.4, 0.5) is 0 Å². The van der Waals surface area contributed by atoms with Gasteiger partial charge in [-0.25, -0.2) is 0 Å². The smallest absolute Gasteiger partial charge is 0.219 e. The first-order valence-corrected chi connectivity index (χ1v) is 9.89. The number of benzene rings is 1. The number of ether oxygens (including phenoxy) is 1. The third-order valence-electron chi connectivity index (χ3n) is 6.22. The number of nitrogens with zero attached hydrogens (tertiary/aromatic N) is 2. The lowest BCUT2D eigenvalue weighted by atomic mass is 9.98. The summed E-state index contributed by atoms with van der Waals surface area (Å²) >= 11 is 0. The van der Waals surface area contributed by atoms with Gasteiger partial charge in [-0.2, -0.15) is 0 Å². The van der Waals surface area contributed by atoms with Gasteiger partial charge in [0, 0.05) is 38.6 Å². The van der Waals surface area contributed by atoms with E-state index in [2.05, 4.69) is 40.1 Å². The molecule has 3 atom stereocenters.